The molecular formula is C25H28N6O. The van der Waals surface area contributed by atoms with Crippen LogP contribution < -0.4 is 20.9 Å². The molecule has 2 aromatic rings. The van der Waals surface area contributed by atoms with E-state index < -0.39 is 0 Å². The highest BCUT2D eigenvalue weighted by atomic mass is 16.1. The zero-order valence-electron chi connectivity index (χ0n) is 18.7. The van der Waals surface area contributed by atoms with Crippen LogP contribution in [0.15, 0.2) is 41.5 Å². The molecule has 1 amide bonds. The molecule has 2 aliphatic heterocycles. The van der Waals surface area contributed by atoms with E-state index in [1.807, 2.05) is 24.3 Å². The maximum absolute atomic E-state index is 12.3. The monoisotopic (exact) mass is 428 g/mol. The molecule has 4 rings (SSSR count). The Labute approximate surface area is 188 Å². The van der Waals surface area contributed by atoms with Crippen LogP contribution in [0.1, 0.15) is 30.0 Å². The van der Waals surface area contributed by atoms with Crippen LogP contribution in [0.4, 0.5) is 22.7 Å². The molecule has 2 heterocycles. The van der Waals surface area contributed by atoms with Gasteiger partial charge in [0.2, 0.25) is 5.91 Å². The summed E-state index contributed by atoms with van der Waals surface area (Å²) in [4.78, 5) is 20.8. The summed E-state index contributed by atoms with van der Waals surface area (Å²) < 4.78 is 0. The minimum absolute atomic E-state index is 0.0577. The lowest BCUT2D eigenvalue weighted by molar-refractivity contribution is -0.116. The predicted octanol–water partition coefficient (Wildman–Crippen LogP) is 3.67. The maximum atomic E-state index is 12.3. The van der Waals surface area contributed by atoms with Gasteiger partial charge in [-0.3, -0.25) is 9.79 Å². The highest BCUT2D eigenvalue weighted by molar-refractivity contribution is 6.11. The molecule has 1 atom stereocenters. The van der Waals surface area contributed by atoms with Gasteiger partial charge in [-0.05, 0) is 42.2 Å². The molecule has 2 aromatic carbocycles. The average molecular weight is 429 g/mol. The van der Waals surface area contributed by atoms with E-state index in [-0.39, 0.29) is 11.8 Å². The first-order valence-electron chi connectivity index (χ1n) is 10.8. The number of fused-ring (bicyclic) bond motifs is 2. The van der Waals surface area contributed by atoms with E-state index in [0.29, 0.717) is 17.6 Å². The van der Waals surface area contributed by atoms with Crippen molar-refractivity contribution < 1.29 is 4.79 Å². The lowest BCUT2D eigenvalue weighted by atomic mass is 9.95. The Bertz CT molecular complexity index is 1160. The molecule has 3 N–H and O–H groups in total. The van der Waals surface area contributed by atoms with Gasteiger partial charge >= 0.3 is 0 Å². The molecule has 0 aromatic heterocycles. The molecule has 0 saturated heterocycles. The number of carbonyl (C=O) groups is 1. The third kappa shape index (κ3) is 3.80. The second kappa shape index (κ2) is 8.75. The van der Waals surface area contributed by atoms with Crippen molar-refractivity contribution in [3.8, 4) is 6.07 Å². The number of benzene rings is 2. The van der Waals surface area contributed by atoms with Crippen LogP contribution in [0.5, 0.6) is 0 Å². The first-order chi connectivity index (χ1) is 15.5. The molecule has 0 unspecified atom stereocenters. The van der Waals surface area contributed by atoms with E-state index in [4.69, 9.17) is 5.73 Å². The number of nitrogens with one attached hydrogen (secondary N) is 1. The van der Waals surface area contributed by atoms with Gasteiger partial charge in [-0.15, -0.1) is 0 Å². The highest BCUT2D eigenvalue weighted by Crippen LogP contribution is 2.43. The third-order valence-corrected chi connectivity index (χ3v) is 6.16. The van der Waals surface area contributed by atoms with Gasteiger partial charge in [0.15, 0.2) is 0 Å². The van der Waals surface area contributed by atoms with E-state index in [1.54, 1.807) is 13.3 Å². The normalized spacial score (nSPS) is 18.6. The Balaban J connectivity index is 1.88. The molecule has 7 nitrogen and oxygen atoms in total. The van der Waals surface area contributed by atoms with Gasteiger partial charge in [-0.25, -0.2) is 0 Å². The molecule has 0 spiro atoms. The Hall–Kier alpha value is -3.79. The SMILES string of the molecule is CN=CC(=CN)c1cc2c(cc1C#N)N(c1cccc3c1C[C@H](C)CC(=O)N3)CCN2C. The number of nitrogens with zero attached hydrogens (tertiary/aromatic N) is 4. The number of likely N-dealkylation sites (N-methyl/N-ethyl adjacent to an activating group) is 1. The quantitative estimate of drug-likeness (QED) is 0.727. The van der Waals surface area contributed by atoms with Crippen LogP contribution >= 0.6 is 0 Å². The number of hydrogen-bond donors (Lipinski definition) is 2. The van der Waals surface area contributed by atoms with Gasteiger partial charge in [0, 0.05) is 68.5 Å². The Morgan fingerprint density at radius 3 is 2.78 bits per heavy atom. The van der Waals surface area contributed by atoms with Crippen molar-refractivity contribution in [1.29, 1.82) is 5.26 Å². The summed E-state index contributed by atoms with van der Waals surface area (Å²) in [5, 5.41) is 13.0. The predicted molar refractivity (Wildman–Crippen MR) is 131 cm³/mol. The summed E-state index contributed by atoms with van der Waals surface area (Å²) in [6.45, 7) is 3.72. The summed E-state index contributed by atoms with van der Waals surface area (Å²) >= 11 is 0. The van der Waals surface area contributed by atoms with Gasteiger partial charge < -0.3 is 20.9 Å². The van der Waals surface area contributed by atoms with Crippen molar-refractivity contribution in [3.05, 3.63) is 53.2 Å². The molecule has 32 heavy (non-hydrogen) atoms. The van der Waals surface area contributed by atoms with Gasteiger partial charge in [0.05, 0.1) is 23.0 Å². The zero-order valence-corrected chi connectivity index (χ0v) is 18.7. The topological polar surface area (TPSA) is 97.7 Å². The van der Waals surface area contributed by atoms with E-state index in [0.717, 1.165) is 53.4 Å². The van der Waals surface area contributed by atoms with Crippen LogP contribution in [-0.2, 0) is 11.2 Å². The number of anilines is 4. The number of rotatable bonds is 3. The number of allylic oxidation sites excluding steroid dienone is 1. The smallest absolute Gasteiger partial charge is 0.224 e. The molecule has 164 valence electrons. The third-order valence-electron chi connectivity index (χ3n) is 6.16. The van der Waals surface area contributed by atoms with Gasteiger partial charge in [-0.2, -0.15) is 5.26 Å². The van der Waals surface area contributed by atoms with Crippen molar-refractivity contribution in [1.82, 2.24) is 0 Å². The van der Waals surface area contributed by atoms with Crippen molar-refractivity contribution in [2.75, 3.05) is 42.3 Å². The van der Waals surface area contributed by atoms with Crippen molar-refractivity contribution >= 4 is 40.4 Å². The number of aliphatic imine (C=N–C) groups is 1. The van der Waals surface area contributed by atoms with E-state index in [1.165, 1.54) is 6.20 Å². The number of nitrogens with two attached hydrogens (primary N) is 1. The second-order valence-corrected chi connectivity index (χ2v) is 8.45. The van der Waals surface area contributed by atoms with E-state index in [2.05, 4.69) is 46.2 Å². The molecule has 0 fully saturated rings. The Morgan fingerprint density at radius 2 is 2.06 bits per heavy atom. The minimum atomic E-state index is 0.0577. The summed E-state index contributed by atoms with van der Waals surface area (Å²) in [6.07, 6.45) is 4.49. The lowest BCUT2D eigenvalue weighted by Gasteiger charge is -2.39. The number of nitriles is 1. The van der Waals surface area contributed by atoms with E-state index in [9.17, 15) is 10.1 Å². The van der Waals surface area contributed by atoms with Crippen LogP contribution in [0.3, 0.4) is 0 Å². The van der Waals surface area contributed by atoms with Crippen molar-refractivity contribution in [2.45, 2.75) is 19.8 Å². The molecular weight excluding hydrogens is 400 g/mol. The fourth-order valence-electron chi connectivity index (χ4n) is 4.61. The molecule has 0 aliphatic carbocycles. The van der Waals surface area contributed by atoms with Crippen LogP contribution in [0, 0.1) is 17.2 Å². The summed E-state index contributed by atoms with van der Waals surface area (Å²) in [5.41, 5.74) is 13.0. The number of amides is 1. The molecule has 0 bridgehead atoms. The van der Waals surface area contributed by atoms with Crippen molar-refractivity contribution in [3.63, 3.8) is 0 Å². The van der Waals surface area contributed by atoms with Crippen LogP contribution in [0.25, 0.3) is 5.57 Å². The summed E-state index contributed by atoms with van der Waals surface area (Å²) in [5.74, 6) is 0.314. The zero-order chi connectivity index (χ0) is 22.8. The Kier molecular flexibility index (Phi) is 5.87. The van der Waals surface area contributed by atoms with Crippen LogP contribution in [0.2, 0.25) is 0 Å². The molecule has 0 saturated carbocycles. The fourth-order valence-corrected chi connectivity index (χ4v) is 4.61. The first-order valence-corrected chi connectivity index (χ1v) is 10.8. The highest BCUT2D eigenvalue weighted by Gasteiger charge is 2.28. The van der Waals surface area contributed by atoms with Gasteiger partial charge in [-0.1, -0.05) is 13.0 Å². The number of hydrogen-bond acceptors (Lipinski definition) is 6. The van der Waals surface area contributed by atoms with Gasteiger partial charge in [0.25, 0.3) is 0 Å². The second-order valence-electron chi connectivity index (χ2n) is 8.45. The van der Waals surface area contributed by atoms with Crippen LogP contribution in [-0.4, -0.2) is 39.3 Å². The van der Waals surface area contributed by atoms with E-state index >= 15 is 0 Å². The summed E-state index contributed by atoms with van der Waals surface area (Å²) in [7, 11) is 3.74. The first kappa shape index (κ1) is 21.4. The Morgan fingerprint density at radius 1 is 1.25 bits per heavy atom. The lowest BCUT2D eigenvalue weighted by Crippen LogP contribution is -2.37. The molecule has 0 radical (unpaired) electrons. The van der Waals surface area contributed by atoms with Gasteiger partial charge in [0.1, 0.15) is 0 Å². The van der Waals surface area contributed by atoms with Crippen molar-refractivity contribution in [2.24, 2.45) is 16.6 Å². The number of carbonyl (C=O) groups excluding carboxylic acids is 1. The maximum Gasteiger partial charge on any atom is 0.224 e. The summed E-state index contributed by atoms with van der Waals surface area (Å²) in [6, 6.07) is 12.3. The largest absolute Gasteiger partial charge is 0.404 e. The standard InChI is InChI=1S/C25H28N6O/c1-16-9-20-21(29-25(32)10-16)5-4-6-22(20)31-8-7-30(3)23-12-19(18(14-27)15-28-2)17(13-26)11-24(23)31/h4-6,11-12,14-16H,7-10,27H2,1-3H3,(H,29,32)/t16-/m0/s1. The molecule has 2 aliphatic rings. The molecule has 7 heteroatoms. The minimum Gasteiger partial charge on any atom is -0.404 e. The fraction of sp³-hybridized carbons (Fsp3) is 0.320. The average Bonchev–Trinajstić information content (AvgIpc) is 2.93.